The smallest absolute Gasteiger partial charge is 0.303 e. The van der Waals surface area contributed by atoms with Crippen LogP contribution in [-0.2, 0) is 17.6 Å². The number of aliphatic carboxylic acids is 1. The lowest BCUT2D eigenvalue weighted by molar-refractivity contribution is -0.136. The van der Waals surface area contributed by atoms with Crippen molar-refractivity contribution in [3.8, 4) is 5.75 Å². The number of methoxy groups -OCH3 is 1. The number of benzene rings is 2. The summed E-state index contributed by atoms with van der Waals surface area (Å²) in [6, 6.07) is 10.7. The van der Waals surface area contributed by atoms with Gasteiger partial charge in [0.2, 0.25) is 0 Å². The number of carbonyl (C=O) groups excluding carboxylic acids is 1. The van der Waals surface area contributed by atoms with E-state index in [4.69, 9.17) is 33.0 Å². The van der Waals surface area contributed by atoms with Crippen molar-refractivity contribution >= 4 is 35.1 Å². The SMILES string of the molecule is COc1c(Cl)cc(Cl)cc1C(=O)NCCc1ccc(CCC(=O)O)cc1. The molecule has 0 aliphatic rings. The number of halogens is 2. The zero-order chi connectivity index (χ0) is 19.1. The van der Waals surface area contributed by atoms with Gasteiger partial charge in [0, 0.05) is 18.0 Å². The Kier molecular flexibility index (Phi) is 7.30. The van der Waals surface area contributed by atoms with Gasteiger partial charge >= 0.3 is 5.97 Å². The monoisotopic (exact) mass is 395 g/mol. The van der Waals surface area contributed by atoms with Crippen LogP contribution in [0.25, 0.3) is 0 Å². The summed E-state index contributed by atoms with van der Waals surface area (Å²) in [7, 11) is 1.44. The van der Waals surface area contributed by atoms with Crippen molar-refractivity contribution in [2.75, 3.05) is 13.7 Å². The number of amides is 1. The zero-order valence-corrected chi connectivity index (χ0v) is 15.7. The van der Waals surface area contributed by atoms with Gasteiger partial charge in [-0.15, -0.1) is 0 Å². The van der Waals surface area contributed by atoms with Gasteiger partial charge in [-0.25, -0.2) is 0 Å². The van der Waals surface area contributed by atoms with Gasteiger partial charge in [0.15, 0.2) is 0 Å². The van der Waals surface area contributed by atoms with Crippen LogP contribution in [0.4, 0.5) is 0 Å². The van der Waals surface area contributed by atoms with Crippen molar-refractivity contribution in [3.05, 3.63) is 63.1 Å². The summed E-state index contributed by atoms with van der Waals surface area (Å²) in [5, 5.41) is 12.2. The third-order valence-electron chi connectivity index (χ3n) is 3.81. The maximum Gasteiger partial charge on any atom is 0.303 e. The second kappa shape index (κ2) is 9.46. The van der Waals surface area contributed by atoms with E-state index in [1.807, 2.05) is 24.3 Å². The van der Waals surface area contributed by atoms with Crippen LogP contribution < -0.4 is 10.1 Å². The minimum absolute atomic E-state index is 0.111. The fraction of sp³-hybridized carbons (Fsp3) is 0.263. The van der Waals surface area contributed by atoms with E-state index in [0.29, 0.717) is 24.4 Å². The average Bonchev–Trinajstić information content (AvgIpc) is 2.60. The van der Waals surface area contributed by atoms with E-state index < -0.39 is 5.97 Å². The van der Waals surface area contributed by atoms with Gasteiger partial charge in [-0.1, -0.05) is 47.5 Å². The summed E-state index contributed by atoms with van der Waals surface area (Å²) in [4.78, 5) is 22.9. The molecule has 0 unspecified atom stereocenters. The molecule has 0 spiro atoms. The van der Waals surface area contributed by atoms with Gasteiger partial charge in [-0.3, -0.25) is 9.59 Å². The van der Waals surface area contributed by atoms with Crippen molar-refractivity contribution in [2.45, 2.75) is 19.3 Å². The Morgan fingerprint density at radius 3 is 2.27 bits per heavy atom. The van der Waals surface area contributed by atoms with E-state index >= 15 is 0 Å². The molecule has 0 aliphatic carbocycles. The molecule has 7 heteroatoms. The molecule has 1 amide bonds. The molecule has 0 saturated carbocycles. The molecule has 0 atom stereocenters. The fourth-order valence-electron chi connectivity index (χ4n) is 2.48. The number of carboxylic acid groups (broad SMARTS) is 1. The Balaban J connectivity index is 1.91. The molecular weight excluding hydrogens is 377 g/mol. The average molecular weight is 396 g/mol. The number of nitrogens with one attached hydrogen (secondary N) is 1. The highest BCUT2D eigenvalue weighted by Gasteiger charge is 2.16. The number of hydrogen-bond acceptors (Lipinski definition) is 3. The largest absolute Gasteiger partial charge is 0.494 e. The third kappa shape index (κ3) is 5.64. The summed E-state index contributed by atoms with van der Waals surface area (Å²) < 4.78 is 5.18. The molecule has 2 rings (SSSR count). The summed E-state index contributed by atoms with van der Waals surface area (Å²) in [6.07, 6.45) is 1.25. The molecule has 2 N–H and O–H groups in total. The van der Waals surface area contributed by atoms with Crippen molar-refractivity contribution in [2.24, 2.45) is 0 Å². The van der Waals surface area contributed by atoms with Crippen LogP contribution in [0.15, 0.2) is 36.4 Å². The van der Waals surface area contributed by atoms with E-state index in [2.05, 4.69) is 5.32 Å². The minimum atomic E-state index is -0.812. The van der Waals surface area contributed by atoms with Crippen molar-refractivity contribution in [1.82, 2.24) is 5.32 Å². The molecule has 0 saturated heterocycles. The van der Waals surface area contributed by atoms with Crippen LogP contribution in [0, 0.1) is 0 Å². The first-order valence-corrected chi connectivity index (χ1v) is 8.77. The Morgan fingerprint density at radius 2 is 1.69 bits per heavy atom. The molecule has 26 heavy (non-hydrogen) atoms. The normalized spacial score (nSPS) is 10.4. The molecule has 138 valence electrons. The van der Waals surface area contributed by atoms with Gasteiger partial charge in [0.1, 0.15) is 5.75 Å². The number of ether oxygens (including phenoxy) is 1. The maximum absolute atomic E-state index is 12.4. The lowest BCUT2D eigenvalue weighted by atomic mass is 10.1. The quantitative estimate of drug-likeness (QED) is 0.708. The number of hydrogen-bond donors (Lipinski definition) is 2. The first-order chi connectivity index (χ1) is 12.4. The molecule has 2 aromatic rings. The number of carboxylic acids is 1. The second-order valence-corrected chi connectivity index (χ2v) is 6.53. The molecule has 0 radical (unpaired) electrons. The van der Waals surface area contributed by atoms with Crippen molar-refractivity contribution < 1.29 is 19.4 Å². The van der Waals surface area contributed by atoms with E-state index in [0.717, 1.165) is 11.1 Å². The van der Waals surface area contributed by atoms with Gasteiger partial charge in [-0.2, -0.15) is 0 Å². The molecule has 2 aromatic carbocycles. The van der Waals surface area contributed by atoms with Crippen LogP contribution in [0.3, 0.4) is 0 Å². The molecule has 5 nitrogen and oxygen atoms in total. The Hall–Kier alpha value is -2.24. The van der Waals surface area contributed by atoms with E-state index in [-0.39, 0.29) is 28.7 Å². The van der Waals surface area contributed by atoms with Crippen LogP contribution in [0.2, 0.25) is 10.0 Å². The molecular formula is C19H19Cl2NO4. The topological polar surface area (TPSA) is 75.6 Å². The lowest BCUT2D eigenvalue weighted by Crippen LogP contribution is -2.26. The summed E-state index contributed by atoms with van der Waals surface area (Å²) in [6.45, 7) is 0.431. The number of aryl methyl sites for hydroxylation is 1. The molecule has 0 heterocycles. The predicted molar refractivity (Wildman–Crippen MR) is 101 cm³/mol. The first kappa shape index (κ1) is 20.1. The lowest BCUT2D eigenvalue weighted by Gasteiger charge is -2.11. The van der Waals surface area contributed by atoms with Crippen LogP contribution in [-0.4, -0.2) is 30.6 Å². The van der Waals surface area contributed by atoms with Crippen LogP contribution in [0.1, 0.15) is 27.9 Å². The van der Waals surface area contributed by atoms with Crippen molar-refractivity contribution in [1.29, 1.82) is 0 Å². The molecule has 0 bridgehead atoms. The predicted octanol–water partition coefficient (Wildman–Crippen LogP) is 3.99. The molecule has 0 aromatic heterocycles. The van der Waals surface area contributed by atoms with E-state index in [9.17, 15) is 9.59 Å². The van der Waals surface area contributed by atoms with Crippen LogP contribution in [0.5, 0.6) is 5.75 Å². The van der Waals surface area contributed by atoms with Gasteiger partial charge in [0.05, 0.1) is 17.7 Å². The van der Waals surface area contributed by atoms with Crippen LogP contribution >= 0.6 is 23.2 Å². The number of rotatable bonds is 8. The van der Waals surface area contributed by atoms with Gasteiger partial charge in [0.25, 0.3) is 5.91 Å². The van der Waals surface area contributed by atoms with Gasteiger partial charge in [-0.05, 0) is 36.1 Å². The standard InChI is InChI=1S/C19H19Cl2NO4/c1-26-18-15(10-14(20)11-16(18)21)19(25)22-9-8-13-4-2-12(3-5-13)6-7-17(23)24/h2-5,10-11H,6-9H2,1H3,(H,22,25)(H,23,24). The van der Waals surface area contributed by atoms with Gasteiger partial charge < -0.3 is 15.2 Å². The first-order valence-electron chi connectivity index (χ1n) is 8.01. The Bertz CT molecular complexity index is 791. The minimum Gasteiger partial charge on any atom is -0.494 e. The van der Waals surface area contributed by atoms with Crippen molar-refractivity contribution in [3.63, 3.8) is 0 Å². The number of carbonyl (C=O) groups is 2. The van der Waals surface area contributed by atoms with E-state index in [1.54, 1.807) is 0 Å². The highest BCUT2D eigenvalue weighted by molar-refractivity contribution is 6.36. The van der Waals surface area contributed by atoms with E-state index in [1.165, 1.54) is 19.2 Å². The molecule has 0 aliphatic heterocycles. The second-order valence-electron chi connectivity index (χ2n) is 5.68. The zero-order valence-electron chi connectivity index (χ0n) is 14.2. The highest BCUT2D eigenvalue weighted by Crippen LogP contribution is 2.32. The summed E-state index contributed by atoms with van der Waals surface area (Å²) in [5.74, 6) is -0.839. The fourth-order valence-corrected chi connectivity index (χ4v) is 3.05. The Labute approximate surface area is 161 Å². The Morgan fingerprint density at radius 1 is 1.08 bits per heavy atom. The summed E-state index contributed by atoms with van der Waals surface area (Å²) in [5.41, 5.74) is 2.30. The molecule has 0 fully saturated rings. The maximum atomic E-state index is 12.4. The highest BCUT2D eigenvalue weighted by atomic mass is 35.5. The third-order valence-corrected chi connectivity index (χ3v) is 4.31. The summed E-state index contributed by atoms with van der Waals surface area (Å²) >= 11 is 12.0.